The average Bonchev–Trinajstić information content (AvgIpc) is 2.06. The van der Waals surface area contributed by atoms with Gasteiger partial charge in [-0.3, -0.25) is 9.69 Å². The van der Waals surface area contributed by atoms with Crippen LogP contribution >= 0.6 is 0 Å². The Morgan fingerprint density at radius 3 is 2.17 bits per heavy atom. The minimum atomic E-state index is 0.0427. The number of carbonyl (C=O) groups excluding carboxylic acids is 1. The van der Waals surface area contributed by atoms with E-state index >= 15 is 0 Å². The fraction of sp³-hybridized carbons (Fsp3) is 0.857. The third-order valence-electron chi connectivity index (χ3n) is 1.43. The molecule has 0 saturated heterocycles. The van der Waals surface area contributed by atoms with Crippen molar-refractivity contribution in [3.8, 4) is 0 Å². The second-order valence-corrected chi connectivity index (χ2v) is 2.26. The van der Waals surface area contributed by atoms with E-state index in [1.54, 1.807) is 0 Å². The highest BCUT2D eigenvalue weighted by atomic mass is 16.5. The SMILES string of the molecule is O=COCCN(CCO)CCO. The third-order valence-corrected chi connectivity index (χ3v) is 1.43. The van der Waals surface area contributed by atoms with Gasteiger partial charge >= 0.3 is 0 Å². The first-order valence-electron chi connectivity index (χ1n) is 3.84. The van der Waals surface area contributed by atoms with Crippen LogP contribution in [0.5, 0.6) is 0 Å². The van der Waals surface area contributed by atoms with Crippen LogP contribution in [-0.4, -0.2) is 61.0 Å². The highest BCUT2D eigenvalue weighted by Gasteiger charge is 2.02. The summed E-state index contributed by atoms with van der Waals surface area (Å²) in [4.78, 5) is 11.6. The van der Waals surface area contributed by atoms with Crippen LogP contribution in [0.3, 0.4) is 0 Å². The summed E-state index contributed by atoms with van der Waals surface area (Å²) in [5.41, 5.74) is 0. The largest absolute Gasteiger partial charge is 0.467 e. The number of carbonyl (C=O) groups is 1. The van der Waals surface area contributed by atoms with E-state index in [2.05, 4.69) is 4.74 Å². The molecule has 0 amide bonds. The van der Waals surface area contributed by atoms with Gasteiger partial charge < -0.3 is 14.9 Å². The number of aliphatic hydroxyl groups excluding tert-OH is 2. The monoisotopic (exact) mass is 177 g/mol. The molecule has 5 nitrogen and oxygen atoms in total. The summed E-state index contributed by atoms with van der Waals surface area (Å²) >= 11 is 0. The molecule has 0 aliphatic rings. The Kier molecular flexibility index (Phi) is 7.99. The number of ether oxygens (including phenoxy) is 1. The summed E-state index contributed by atoms with van der Waals surface area (Å²) in [6.07, 6.45) is 0. The van der Waals surface area contributed by atoms with Crippen LogP contribution in [0.15, 0.2) is 0 Å². The summed E-state index contributed by atoms with van der Waals surface area (Å²) in [7, 11) is 0. The van der Waals surface area contributed by atoms with Crippen LogP contribution in [0.1, 0.15) is 0 Å². The van der Waals surface area contributed by atoms with Gasteiger partial charge in [0, 0.05) is 19.6 Å². The molecule has 2 N–H and O–H groups in total. The number of hydrogen-bond donors (Lipinski definition) is 2. The van der Waals surface area contributed by atoms with Gasteiger partial charge in [0.15, 0.2) is 0 Å². The van der Waals surface area contributed by atoms with E-state index in [-0.39, 0.29) is 13.2 Å². The topological polar surface area (TPSA) is 70.0 Å². The van der Waals surface area contributed by atoms with Gasteiger partial charge in [-0.05, 0) is 0 Å². The summed E-state index contributed by atoms with van der Waals surface area (Å²) in [6, 6.07) is 0. The van der Waals surface area contributed by atoms with E-state index in [1.807, 2.05) is 4.90 Å². The molecule has 0 spiro atoms. The zero-order valence-corrected chi connectivity index (χ0v) is 6.98. The number of aliphatic hydroxyl groups is 2. The predicted octanol–water partition coefficient (Wildman–Crippen LogP) is -1.55. The highest BCUT2D eigenvalue weighted by molar-refractivity contribution is 5.36. The minimum absolute atomic E-state index is 0.0427. The molecule has 0 aromatic rings. The lowest BCUT2D eigenvalue weighted by Gasteiger charge is -2.18. The van der Waals surface area contributed by atoms with Crippen LogP contribution < -0.4 is 0 Å². The molecule has 0 aromatic carbocycles. The first-order valence-corrected chi connectivity index (χ1v) is 3.84. The molecule has 0 atom stereocenters. The van der Waals surface area contributed by atoms with Gasteiger partial charge in [0.25, 0.3) is 6.47 Å². The smallest absolute Gasteiger partial charge is 0.293 e. The molecular formula is C7H15NO4. The quantitative estimate of drug-likeness (QED) is 0.347. The molecule has 0 bridgehead atoms. The van der Waals surface area contributed by atoms with Gasteiger partial charge in [-0.1, -0.05) is 0 Å². The first kappa shape index (κ1) is 11.4. The molecule has 0 unspecified atom stereocenters. The Balaban J connectivity index is 3.40. The van der Waals surface area contributed by atoms with Crippen molar-refractivity contribution in [2.24, 2.45) is 0 Å². The maximum atomic E-state index is 9.76. The molecule has 0 aliphatic heterocycles. The molecule has 0 aromatic heterocycles. The van der Waals surface area contributed by atoms with Gasteiger partial charge in [-0.2, -0.15) is 0 Å². The second-order valence-electron chi connectivity index (χ2n) is 2.26. The fourth-order valence-electron chi connectivity index (χ4n) is 0.848. The van der Waals surface area contributed by atoms with Crippen LogP contribution in [0.4, 0.5) is 0 Å². The lowest BCUT2D eigenvalue weighted by atomic mass is 10.4. The fourth-order valence-corrected chi connectivity index (χ4v) is 0.848. The van der Waals surface area contributed by atoms with E-state index in [1.165, 1.54) is 0 Å². The van der Waals surface area contributed by atoms with E-state index in [0.29, 0.717) is 32.7 Å². The van der Waals surface area contributed by atoms with Crippen molar-refractivity contribution < 1.29 is 19.7 Å². The van der Waals surface area contributed by atoms with Crippen LogP contribution in [0.25, 0.3) is 0 Å². The number of rotatable bonds is 8. The Hall–Kier alpha value is -0.650. The molecule has 0 radical (unpaired) electrons. The second kappa shape index (κ2) is 8.45. The van der Waals surface area contributed by atoms with E-state index in [9.17, 15) is 4.79 Å². The Bertz CT molecular complexity index is 104. The Morgan fingerprint density at radius 1 is 1.17 bits per heavy atom. The van der Waals surface area contributed by atoms with Crippen LogP contribution in [0, 0.1) is 0 Å². The van der Waals surface area contributed by atoms with E-state index < -0.39 is 0 Å². The average molecular weight is 177 g/mol. The molecule has 72 valence electrons. The van der Waals surface area contributed by atoms with Gasteiger partial charge in [0.05, 0.1) is 13.2 Å². The predicted molar refractivity (Wildman–Crippen MR) is 42.6 cm³/mol. The Morgan fingerprint density at radius 2 is 1.75 bits per heavy atom. The maximum Gasteiger partial charge on any atom is 0.293 e. The lowest BCUT2D eigenvalue weighted by molar-refractivity contribution is -0.129. The van der Waals surface area contributed by atoms with Crippen molar-refractivity contribution in [2.75, 3.05) is 39.5 Å². The molecule has 0 saturated carbocycles. The van der Waals surface area contributed by atoms with Gasteiger partial charge in [0.1, 0.15) is 6.61 Å². The lowest BCUT2D eigenvalue weighted by Crippen LogP contribution is -2.32. The summed E-state index contributed by atoms with van der Waals surface area (Å²) in [5.74, 6) is 0. The van der Waals surface area contributed by atoms with Crippen molar-refractivity contribution in [3.05, 3.63) is 0 Å². The molecule has 5 heteroatoms. The zero-order valence-electron chi connectivity index (χ0n) is 6.98. The van der Waals surface area contributed by atoms with Crippen molar-refractivity contribution in [1.29, 1.82) is 0 Å². The van der Waals surface area contributed by atoms with Gasteiger partial charge in [-0.25, -0.2) is 0 Å². The van der Waals surface area contributed by atoms with Gasteiger partial charge in [-0.15, -0.1) is 0 Å². The first-order chi connectivity index (χ1) is 5.85. The molecule has 0 aliphatic carbocycles. The van der Waals surface area contributed by atoms with Crippen molar-refractivity contribution in [2.45, 2.75) is 0 Å². The molecule has 0 fully saturated rings. The summed E-state index contributed by atoms with van der Waals surface area (Å²) in [5, 5.41) is 17.2. The molecule has 0 heterocycles. The highest BCUT2D eigenvalue weighted by Crippen LogP contribution is 1.86. The van der Waals surface area contributed by atoms with E-state index in [0.717, 1.165) is 0 Å². The summed E-state index contributed by atoms with van der Waals surface area (Å²) < 4.78 is 4.47. The van der Waals surface area contributed by atoms with Crippen molar-refractivity contribution in [1.82, 2.24) is 4.90 Å². The van der Waals surface area contributed by atoms with Crippen LogP contribution in [-0.2, 0) is 9.53 Å². The van der Waals surface area contributed by atoms with E-state index in [4.69, 9.17) is 10.2 Å². The van der Waals surface area contributed by atoms with Crippen LogP contribution in [0.2, 0.25) is 0 Å². The molecule has 12 heavy (non-hydrogen) atoms. The Labute approximate surface area is 71.6 Å². The maximum absolute atomic E-state index is 9.76. The minimum Gasteiger partial charge on any atom is -0.467 e. The summed E-state index contributed by atoms with van der Waals surface area (Å²) in [6.45, 7) is 2.28. The zero-order chi connectivity index (χ0) is 9.23. The number of hydrogen-bond acceptors (Lipinski definition) is 5. The number of nitrogens with zero attached hydrogens (tertiary/aromatic N) is 1. The molecule has 0 rings (SSSR count). The standard InChI is InChI=1S/C7H15NO4/c9-4-1-8(2-5-10)3-6-12-7-11/h7,9-10H,1-6H2. The third kappa shape index (κ3) is 6.09. The van der Waals surface area contributed by atoms with Crippen molar-refractivity contribution in [3.63, 3.8) is 0 Å². The normalized spacial score (nSPS) is 10.2. The molecular weight excluding hydrogens is 162 g/mol. The van der Waals surface area contributed by atoms with Crippen molar-refractivity contribution >= 4 is 6.47 Å². The van der Waals surface area contributed by atoms with Gasteiger partial charge in [0.2, 0.25) is 0 Å².